The van der Waals surface area contributed by atoms with Crippen LogP contribution in [0.25, 0.3) is 11.1 Å². The molecule has 0 spiro atoms. The van der Waals surface area contributed by atoms with Gasteiger partial charge < -0.3 is 18.9 Å². The van der Waals surface area contributed by atoms with Crippen LogP contribution >= 0.6 is 0 Å². The molecule has 0 N–H and O–H groups in total. The van der Waals surface area contributed by atoms with E-state index in [4.69, 9.17) is 18.9 Å². The minimum atomic E-state index is -0.816. The van der Waals surface area contributed by atoms with Gasteiger partial charge in [0.25, 0.3) is 0 Å². The highest BCUT2D eigenvalue weighted by Crippen LogP contribution is 2.41. The molecule has 0 aliphatic heterocycles. The van der Waals surface area contributed by atoms with Crippen molar-refractivity contribution in [2.24, 2.45) is 0 Å². The molecule has 0 atom stereocenters. The minimum absolute atomic E-state index is 0.526. The lowest BCUT2D eigenvalue weighted by Crippen LogP contribution is -2.33. The summed E-state index contributed by atoms with van der Waals surface area (Å²) in [6.07, 6.45) is 0.772. The van der Waals surface area contributed by atoms with E-state index in [2.05, 4.69) is 97.1 Å². The van der Waals surface area contributed by atoms with Crippen LogP contribution in [0.4, 0.5) is 0 Å². The quantitative estimate of drug-likeness (QED) is 0.149. The third kappa shape index (κ3) is 6.35. The van der Waals surface area contributed by atoms with Gasteiger partial charge in [-0.15, -0.1) is 0 Å². The molecule has 0 aromatic heterocycles. The van der Waals surface area contributed by atoms with E-state index in [9.17, 15) is 0 Å². The average molecular weight is 545 g/mol. The number of benzene rings is 5. The van der Waals surface area contributed by atoms with Crippen LogP contribution in [0, 0.1) is 0 Å². The van der Waals surface area contributed by atoms with Crippen LogP contribution in [-0.4, -0.2) is 27.9 Å². The second-order valence-electron chi connectivity index (χ2n) is 9.93. The Labute approximate surface area is 243 Å². The second-order valence-corrected chi connectivity index (χ2v) is 9.93. The van der Waals surface area contributed by atoms with E-state index in [1.807, 2.05) is 30.3 Å². The van der Waals surface area contributed by atoms with Crippen molar-refractivity contribution < 1.29 is 18.9 Å². The van der Waals surface area contributed by atoms with Gasteiger partial charge in [-0.1, -0.05) is 103 Å². The first-order valence-corrected chi connectivity index (χ1v) is 13.8. The fourth-order valence-electron chi connectivity index (χ4n) is 5.22. The van der Waals surface area contributed by atoms with Crippen LogP contribution in [0.5, 0.6) is 11.5 Å². The van der Waals surface area contributed by atoms with Crippen molar-refractivity contribution in [2.45, 2.75) is 18.6 Å². The Morgan fingerprint density at radius 1 is 0.488 bits per heavy atom. The van der Waals surface area contributed by atoms with E-state index in [0.717, 1.165) is 34.6 Å². The fraction of sp³-hybridized carbons (Fsp3) is 0.189. The molecule has 0 aliphatic rings. The zero-order chi connectivity index (χ0) is 28.5. The third-order valence-corrected chi connectivity index (χ3v) is 7.43. The summed E-state index contributed by atoms with van der Waals surface area (Å²) in [6.45, 7) is 1.15. The number of rotatable bonds is 12. The monoisotopic (exact) mass is 544 g/mol. The maximum Gasteiger partial charge on any atom is 0.143 e. The Morgan fingerprint density at radius 2 is 0.951 bits per heavy atom. The highest BCUT2D eigenvalue weighted by molar-refractivity contribution is 5.64. The molecule has 0 amide bonds. The standard InChI is InChI=1S/C37H36O4/c1-38-27-29-11-15-31(16-12-29)30-13-9-28(10-14-30)25-26-41-37(32-7-5-4-6-8-32,33-17-21-35(39-2)22-18-33)34-19-23-36(40-3)24-20-34/h4-24H,25-27H2,1-3H3. The number of ether oxygens (including phenoxy) is 4. The van der Waals surface area contributed by atoms with Gasteiger partial charge in [0, 0.05) is 7.11 Å². The first-order valence-electron chi connectivity index (χ1n) is 13.8. The normalized spacial score (nSPS) is 11.3. The molecule has 5 aromatic carbocycles. The van der Waals surface area contributed by atoms with Gasteiger partial charge in [0.05, 0.1) is 27.4 Å². The van der Waals surface area contributed by atoms with Gasteiger partial charge in [0.15, 0.2) is 0 Å². The summed E-state index contributed by atoms with van der Waals surface area (Å²) in [6, 6.07) is 43.9. The molecule has 4 nitrogen and oxygen atoms in total. The van der Waals surface area contributed by atoms with Crippen LogP contribution in [0.15, 0.2) is 127 Å². The van der Waals surface area contributed by atoms with Crippen molar-refractivity contribution in [1.82, 2.24) is 0 Å². The summed E-state index contributed by atoms with van der Waals surface area (Å²) in [5.41, 5.74) is 7.07. The maximum atomic E-state index is 7.00. The molecule has 0 fully saturated rings. The van der Waals surface area contributed by atoms with Crippen molar-refractivity contribution in [3.8, 4) is 22.6 Å². The van der Waals surface area contributed by atoms with Crippen LogP contribution in [0.3, 0.4) is 0 Å². The van der Waals surface area contributed by atoms with Crippen molar-refractivity contribution in [2.75, 3.05) is 27.9 Å². The van der Waals surface area contributed by atoms with Gasteiger partial charge in [-0.25, -0.2) is 0 Å². The van der Waals surface area contributed by atoms with Crippen LogP contribution in [0.2, 0.25) is 0 Å². The Balaban J connectivity index is 1.43. The first-order chi connectivity index (χ1) is 20.2. The Morgan fingerprint density at radius 3 is 1.41 bits per heavy atom. The van der Waals surface area contributed by atoms with Gasteiger partial charge in [-0.3, -0.25) is 0 Å². The summed E-state index contributed by atoms with van der Waals surface area (Å²) in [7, 11) is 5.08. The molecule has 0 radical (unpaired) electrons. The van der Waals surface area contributed by atoms with Gasteiger partial charge in [0.2, 0.25) is 0 Å². The van der Waals surface area contributed by atoms with Crippen molar-refractivity contribution in [1.29, 1.82) is 0 Å². The second kappa shape index (κ2) is 13.3. The zero-order valence-electron chi connectivity index (χ0n) is 23.9. The lowest BCUT2D eigenvalue weighted by atomic mass is 9.80. The lowest BCUT2D eigenvalue weighted by molar-refractivity contribution is 0.0147. The molecule has 4 heteroatoms. The Bertz CT molecular complexity index is 1440. The van der Waals surface area contributed by atoms with E-state index in [-0.39, 0.29) is 0 Å². The number of hydrogen-bond donors (Lipinski definition) is 0. The molecular weight excluding hydrogens is 508 g/mol. The minimum Gasteiger partial charge on any atom is -0.497 e. The van der Waals surface area contributed by atoms with Gasteiger partial charge in [-0.05, 0) is 69.6 Å². The first kappa shape index (κ1) is 28.2. The largest absolute Gasteiger partial charge is 0.497 e. The van der Waals surface area contributed by atoms with Crippen LogP contribution < -0.4 is 9.47 Å². The summed E-state index contributed by atoms with van der Waals surface area (Å²) < 4.78 is 23.1. The maximum absolute atomic E-state index is 7.00. The Hall–Kier alpha value is -4.38. The zero-order valence-corrected chi connectivity index (χ0v) is 23.9. The van der Waals surface area contributed by atoms with Crippen LogP contribution in [0.1, 0.15) is 27.8 Å². The summed E-state index contributed by atoms with van der Waals surface area (Å²) in [4.78, 5) is 0. The molecule has 0 bridgehead atoms. The Kier molecular flexibility index (Phi) is 9.15. The van der Waals surface area contributed by atoms with Gasteiger partial charge in [-0.2, -0.15) is 0 Å². The van der Waals surface area contributed by atoms with Crippen molar-refractivity contribution >= 4 is 0 Å². The van der Waals surface area contributed by atoms with E-state index < -0.39 is 5.60 Å². The molecule has 0 saturated heterocycles. The highest BCUT2D eigenvalue weighted by atomic mass is 16.5. The number of methoxy groups -OCH3 is 3. The predicted octanol–water partition coefficient (Wildman–Crippen LogP) is 8.07. The highest BCUT2D eigenvalue weighted by Gasteiger charge is 2.37. The molecule has 41 heavy (non-hydrogen) atoms. The smallest absolute Gasteiger partial charge is 0.143 e. The van der Waals surface area contributed by atoms with Crippen molar-refractivity contribution in [3.05, 3.63) is 155 Å². The molecule has 5 rings (SSSR count). The molecule has 0 unspecified atom stereocenters. The van der Waals surface area contributed by atoms with Crippen LogP contribution in [-0.2, 0) is 28.1 Å². The predicted molar refractivity (Wildman–Crippen MR) is 165 cm³/mol. The molecular formula is C37H36O4. The third-order valence-electron chi connectivity index (χ3n) is 7.43. The van der Waals surface area contributed by atoms with E-state index in [1.54, 1.807) is 21.3 Å². The summed E-state index contributed by atoms with van der Waals surface area (Å²) in [5.74, 6) is 1.61. The topological polar surface area (TPSA) is 36.9 Å². The van der Waals surface area contributed by atoms with Crippen molar-refractivity contribution in [3.63, 3.8) is 0 Å². The van der Waals surface area contributed by atoms with Gasteiger partial charge in [0.1, 0.15) is 17.1 Å². The molecule has 0 heterocycles. The lowest BCUT2D eigenvalue weighted by Gasteiger charge is -2.36. The molecule has 0 aliphatic carbocycles. The number of hydrogen-bond acceptors (Lipinski definition) is 4. The van der Waals surface area contributed by atoms with E-state index in [0.29, 0.717) is 13.2 Å². The SMILES string of the molecule is COCc1ccc(-c2ccc(CCOC(c3ccccc3)(c3ccc(OC)cc3)c3ccc(OC)cc3)cc2)cc1. The average Bonchev–Trinajstić information content (AvgIpc) is 3.05. The van der Waals surface area contributed by atoms with E-state index >= 15 is 0 Å². The fourth-order valence-corrected chi connectivity index (χ4v) is 5.22. The molecule has 208 valence electrons. The van der Waals surface area contributed by atoms with E-state index in [1.165, 1.54) is 22.3 Å². The van der Waals surface area contributed by atoms with Gasteiger partial charge >= 0.3 is 0 Å². The summed E-state index contributed by atoms with van der Waals surface area (Å²) >= 11 is 0. The molecule has 0 saturated carbocycles. The molecule has 5 aromatic rings. The summed E-state index contributed by atoms with van der Waals surface area (Å²) in [5, 5.41) is 0.